The van der Waals surface area contributed by atoms with Crippen LogP contribution in [0.5, 0.6) is 0 Å². The van der Waals surface area contributed by atoms with Gasteiger partial charge in [-0.2, -0.15) is 0 Å². The maximum Gasteiger partial charge on any atom is 0.253 e. The van der Waals surface area contributed by atoms with Gasteiger partial charge in [0, 0.05) is 50.4 Å². The van der Waals surface area contributed by atoms with E-state index in [-0.39, 0.29) is 23.6 Å². The van der Waals surface area contributed by atoms with Crippen LogP contribution < -0.4 is 4.90 Å². The molecule has 0 aromatic heterocycles. The lowest BCUT2D eigenvalue weighted by Crippen LogP contribution is -2.50. The number of hydrogen-bond acceptors (Lipinski definition) is 3. The van der Waals surface area contributed by atoms with E-state index in [0.717, 1.165) is 37.2 Å². The SMILES string of the molecule is CC(C)C(=O)N1CCC2(CC1)C(=O)N(C)c1ccc(C(=O)N3CCCC3)cc12. The third kappa shape index (κ3) is 2.81. The van der Waals surface area contributed by atoms with E-state index in [1.54, 1.807) is 4.90 Å². The van der Waals surface area contributed by atoms with Gasteiger partial charge in [0.2, 0.25) is 11.8 Å². The number of fused-ring (bicyclic) bond motifs is 2. The monoisotopic (exact) mass is 383 g/mol. The lowest BCUT2D eigenvalue weighted by molar-refractivity contribution is -0.138. The summed E-state index contributed by atoms with van der Waals surface area (Å²) in [5, 5.41) is 0. The summed E-state index contributed by atoms with van der Waals surface area (Å²) in [6.07, 6.45) is 3.34. The highest BCUT2D eigenvalue weighted by atomic mass is 16.2. The molecule has 0 atom stereocenters. The Morgan fingerprint density at radius 1 is 1.00 bits per heavy atom. The minimum absolute atomic E-state index is 0.0343. The molecule has 2 fully saturated rings. The van der Waals surface area contributed by atoms with E-state index in [9.17, 15) is 14.4 Å². The number of benzene rings is 1. The van der Waals surface area contributed by atoms with E-state index in [4.69, 9.17) is 0 Å². The van der Waals surface area contributed by atoms with Crippen molar-refractivity contribution in [3.8, 4) is 0 Å². The van der Waals surface area contributed by atoms with Crippen LogP contribution in [0.25, 0.3) is 0 Å². The van der Waals surface area contributed by atoms with Crippen molar-refractivity contribution >= 4 is 23.4 Å². The second-order valence-electron chi connectivity index (χ2n) is 8.66. The third-order valence-electron chi connectivity index (χ3n) is 6.65. The standard InChI is InChI=1S/C22H29N3O3/c1-15(2)19(26)25-12-8-22(9-13-25)17-14-16(20(27)24-10-4-5-11-24)6-7-18(17)23(3)21(22)28/h6-7,14-15H,4-5,8-13H2,1-3H3. The molecule has 0 bridgehead atoms. The van der Waals surface area contributed by atoms with Gasteiger partial charge >= 0.3 is 0 Å². The Balaban J connectivity index is 1.64. The highest BCUT2D eigenvalue weighted by Gasteiger charge is 2.51. The molecule has 3 heterocycles. The average Bonchev–Trinajstić information content (AvgIpc) is 3.31. The topological polar surface area (TPSA) is 60.9 Å². The van der Waals surface area contributed by atoms with E-state index in [2.05, 4.69) is 0 Å². The third-order valence-corrected chi connectivity index (χ3v) is 6.65. The van der Waals surface area contributed by atoms with Crippen molar-refractivity contribution in [2.45, 2.75) is 44.9 Å². The van der Waals surface area contributed by atoms with Crippen LogP contribution in [0, 0.1) is 5.92 Å². The molecule has 3 aliphatic rings. The second-order valence-corrected chi connectivity index (χ2v) is 8.66. The molecule has 0 unspecified atom stereocenters. The van der Waals surface area contributed by atoms with Gasteiger partial charge < -0.3 is 14.7 Å². The van der Waals surface area contributed by atoms with Gasteiger partial charge in [-0.15, -0.1) is 0 Å². The zero-order valence-electron chi connectivity index (χ0n) is 17.0. The highest BCUT2D eigenvalue weighted by molar-refractivity contribution is 6.09. The Hall–Kier alpha value is -2.37. The van der Waals surface area contributed by atoms with Crippen LogP contribution in [-0.2, 0) is 15.0 Å². The summed E-state index contributed by atoms with van der Waals surface area (Å²) in [6.45, 7) is 6.61. The molecule has 3 amide bonds. The molecule has 1 aromatic rings. The largest absolute Gasteiger partial charge is 0.342 e. The smallest absolute Gasteiger partial charge is 0.253 e. The lowest BCUT2D eigenvalue weighted by atomic mass is 9.73. The first-order valence-electron chi connectivity index (χ1n) is 10.4. The molecule has 3 aliphatic heterocycles. The van der Waals surface area contributed by atoms with E-state index in [1.165, 1.54) is 0 Å². The van der Waals surface area contributed by atoms with E-state index < -0.39 is 5.41 Å². The van der Waals surface area contributed by atoms with Crippen molar-refractivity contribution in [1.82, 2.24) is 9.80 Å². The van der Waals surface area contributed by atoms with Gasteiger partial charge in [-0.05, 0) is 49.4 Å². The maximum atomic E-state index is 13.2. The first kappa shape index (κ1) is 19.0. The minimum Gasteiger partial charge on any atom is -0.342 e. The average molecular weight is 383 g/mol. The van der Waals surface area contributed by atoms with Crippen LogP contribution in [0.15, 0.2) is 18.2 Å². The molecule has 2 saturated heterocycles. The van der Waals surface area contributed by atoms with Crippen molar-refractivity contribution in [2.24, 2.45) is 5.92 Å². The Morgan fingerprint density at radius 3 is 2.25 bits per heavy atom. The number of anilines is 1. The van der Waals surface area contributed by atoms with Gasteiger partial charge in [0.1, 0.15) is 0 Å². The van der Waals surface area contributed by atoms with Crippen molar-refractivity contribution in [1.29, 1.82) is 0 Å². The van der Waals surface area contributed by atoms with E-state index in [1.807, 2.05) is 48.9 Å². The second kappa shape index (κ2) is 6.90. The van der Waals surface area contributed by atoms with Gasteiger partial charge in [0.25, 0.3) is 5.91 Å². The Morgan fingerprint density at radius 2 is 1.64 bits per heavy atom. The zero-order valence-corrected chi connectivity index (χ0v) is 17.0. The first-order chi connectivity index (χ1) is 13.3. The molecule has 6 heteroatoms. The molecule has 0 saturated carbocycles. The van der Waals surface area contributed by atoms with Crippen LogP contribution in [0.2, 0.25) is 0 Å². The van der Waals surface area contributed by atoms with Crippen LogP contribution in [0.1, 0.15) is 55.5 Å². The summed E-state index contributed by atoms with van der Waals surface area (Å²) in [7, 11) is 1.81. The number of rotatable bonds is 2. The number of likely N-dealkylation sites (tertiary alicyclic amines) is 2. The van der Waals surface area contributed by atoms with Gasteiger partial charge in [0.15, 0.2) is 0 Å². The molecule has 6 nitrogen and oxygen atoms in total. The van der Waals surface area contributed by atoms with Gasteiger partial charge in [-0.3, -0.25) is 14.4 Å². The number of likely N-dealkylation sites (N-methyl/N-ethyl adjacent to an activating group) is 1. The predicted octanol–water partition coefficient (Wildman–Crippen LogP) is 2.42. The molecule has 4 rings (SSSR count). The Bertz CT molecular complexity index is 818. The van der Waals surface area contributed by atoms with Crippen molar-refractivity contribution in [3.63, 3.8) is 0 Å². The van der Waals surface area contributed by atoms with Gasteiger partial charge in [-0.1, -0.05) is 13.8 Å². The van der Waals surface area contributed by atoms with Crippen LogP contribution >= 0.6 is 0 Å². The molecule has 0 radical (unpaired) electrons. The number of amides is 3. The fraction of sp³-hybridized carbons (Fsp3) is 0.591. The van der Waals surface area contributed by atoms with Crippen molar-refractivity contribution in [3.05, 3.63) is 29.3 Å². The maximum absolute atomic E-state index is 13.2. The van der Waals surface area contributed by atoms with Crippen molar-refractivity contribution < 1.29 is 14.4 Å². The fourth-order valence-corrected chi connectivity index (χ4v) is 4.95. The number of piperidine rings is 1. The molecule has 0 N–H and O–H groups in total. The molecule has 1 spiro atoms. The Kier molecular flexibility index (Phi) is 4.68. The summed E-state index contributed by atoms with van der Waals surface area (Å²) in [6, 6.07) is 5.70. The molecule has 150 valence electrons. The molecular formula is C22H29N3O3. The predicted molar refractivity (Wildman–Crippen MR) is 107 cm³/mol. The number of carbonyl (C=O) groups excluding carboxylic acids is 3. The molecule has 28 heavy (non-hydrogen) atoms. The van der Waals surface area contributed by atoms with Crippen molar-refractivity contribution in [2.75, 3.05) is 38.1 Å². The summed E-state index contributed by atoms with van der Waals surface area (Å²) in [4.78, 5) is 43.9. The summed E-state index contributed by atoms with van der Waals surface area (Å²) >= 11 is 0. The molecule has 0 aliphatic carbocycles. The zero-order chi connectivity index (χ0) is 20.1. The number of carbonyl (C=O) groups is 3. The quantitative estimate of drug-likeness (QED) is 0.788. The fourth-order valence-electron chi connectivity index (χ4n) is 4.95. The van der Waals surface area contributed by atoms with Crippen LogP contribution in [0.3, 0.4) is 0 Å². The van der Waals surface area contributed by atoms with Gasteiger partial charge in [-0.25, -0.2) is 0 Å². The molecule has 1 aromatic carbocycles. The van der Waals surface area contributed by atoms with E-state index in [0.29, 0.717) is 31.5 Å². The summed E-state index contributed by atoms with van der Waals surface area (Å²) < 4.78 is 0. The summed E-state index contributed by atoms with van der Waals surface area (Å²) in [5.41, 5.74) is 1.91. The first-order valence-corrected chi connectivity index (χ1v) is 10.4. The van der Waals surface area contributed by atoms with E-state index >= 15 is 0 Å². The normalized spacial score (nSPS) is 21.0. The van der Waals surface area contributed by atoms with Crippen LogP contribution in [-0.4, -0.2) is 60.7 Å². The number of hydrogen-bond donors (Lipinski definition) is 0. The Labute approximate surface area is 166 Å². The number of nitrogens with zero attached hydrogens (tertiary/aromatic N) is 3. The van der Waals surface area contributed by atoms with Crippen LogP contribution in [0.4, 0.5) is 5.69 Å². The van der Waals surface area contributed by atoms with Gasteiger partial charge in [0.05, 0.1) is 5.41 Å². The highest BCUT2D eigenvalue weighted by Crippen LogP contribution is 2.48. The minimum atomic E-state index is -0.612. The molecular weight excluding hydrogens is 354 g/mol. The summed E-state index contributed by atoms with van der Waals surface area (Å²) in [5.74, 6) is 0.259. The lowest BCUT2D eigenvalue weighted by Gasteiger charge is -2.39.